The number of hydrogen-bond donors (Lipinski definition) is 1. The molecule has 0 unspecified atom stereocenters. The van der Waals surface area contributed by atoms with Gasteiger partial charge in [0.25, 0.3) is 15.7 Å². The molecule has 8 nitrogen and oxygen atoms in total. The second-order valence-electron chi connectivity index (χ2n) is 5.91. The number of nitro benzene ring substituents is 1. The van der Waals surface area contributed by atoms with Gasteiger partial charge < -0.3 is 9.64 Å². The molecule has 0 aromatic heterocycles. The Morgan fingerprint density at radius 3 is 2.50 bits per heavy atom. The van der Waals surface area contributed by atoms with E-state index in [0.717, 1.165) is 32.0 Å². The first-order valence-electron chi connectivity index (χ1n) is 8.11. The van der Waals surface area contributed by atoms with Gasteiger partial charge in [-0.25, -0.2) is 8.42 Å². The highest BCUT2D eigenvalue weighted by Crippen LogP contribution is 2.34. The zero-order chi connectivity index (χ0) is 18.7. The van der Waals surface area contributed by atoms with Crippen LogP contribution in [0.25, 0.3) is 0 Å². The largest absolute Gasteiger partial charge is 0.495 e. The summed E-state index contributed by atoms with van der Waals surface area (Å²) >= 11 is 0. The van der Waals surface area contributed by atoms with Crippen molar-refractivity contribution in [1.82, 2.24) is 0 Å². The lowest BCUT2D eigenvalue weighted by Crippen LogP contribution is -2.23. The lowest BCUT2D eigenvalue weighted by Gasteiger charge is -2.21. The number of nitrogens with zero attached hydrogens (tertiary/aromatic N) is 2. The van der Waals surface area contributed by atoms with Gasteiger partial charge in [0.05, 0.1) is 23.4 Å². The standard InChI is InChI=1S/C17H19N3O5S/c1-25-16-7-3-2-6-14(16)18-26(23,24)17-12-13(20(21)22)8-9-15(17)19-10-4-5-11-19/h2-3,6-9,12,18H,4-5,10-11H2,1H3. The molecule has 0 spiro atoms. The molecule has 2 aromatic carbocycles. The van der Waals surface area contributed by atoms with Crippen molar-refractivity contribution in [3.05, 3.63) is 52.6 Å². The Balaban J connectivity index is 2.07. The Bertz CT molecular complexity index is 924. The van der Waals surface area contributed by atoms with Crippen LogP contribution < -0.4 is 14.4 Å². The first-order chi connectivity index (χ1) is 12.4. The maximum Gasteiger partial charge on any atom is 0.270 e. The van der Waals surface area contributed by atoms with Gasteiger partial charge in [0, 0.05) is 25.2 Å². The molecule has 1 heterocycles. The number of anilines is 2. The molecule has 2 aromatic rings. The maximum absolute atomic E-state index is 13.0. The topological polar surface area (TPSA) is 102 Å². The summed E-state index contributed by atoms with van der Waals surface area (Å²) < 4.78 is 33.7. The summed E-state index contributed by atoms with van der Waals surface area (Å²) in [6.07, 6.45) is 1.91. The second-order valence-corrected chi connectivity index (χ2v) is 7.56. The lowest BCUT2D eigenvalue weighted by molar-refractivity contribution is -0.385. The van der Waals surface area contributed by atoms with Gasteiger partial charge in [-0.2, -0.15) is 0 Å². The molecule has 0 saturated carbocycles. The van der Waals surface area contributed by atoms with E-state index in [2.05, 4.69) is 4.72 Å². The van der Waals surface area contributed by atoms with Crippen molar-refractivity contribution in [2.75, 3.05) is 29.8 Å². The van der Waals surface area contributed by atoms with E-state index in [1.807, 2.05) is 4.90 Å². The Morgan fingerprint density at radius 2 is 1.85 bits per heavy atom. The quantitative estimate of drug-likeness (QED) is 0.613. The highest BCUT2D eigenvalue weighted by molar-refractivity contribution is 7.93. The van der Waals surface area contributed by atoms with Crippen LogP contribution in [0.2, 0.25) is 0 Å². The highest BCUT2D eigenvalue weighted by atomic mass is 32.2. The molecule has 1 fully saturated rings. The Morgan fingerprint density at radius 1 is 1.15 bits per heavy atom. The molecule has 0 radical (unpaired) electrons. The molecule has 3 rings (SSSR count). The number of methoxy groups -OCH3 is 1. The summed E-state index contributed by atoms with van der Waals surface area (Å²) in [5, 5.41) is 11.1. The van der Waals surface area contributed by atoms with E-state index in [0.29, 0.717) is 11.4 Å². The van der Waals surface area contributed by atoms with E-state index in [1.165, 1.54) is 19.2 Å². The monoisotopic (exact) mass is 377 g/mol. The molecule has 0 bridgehead atoms. The number of hydrogen-bond acceptors (Lipinski definition) is 6. The van der Waals surface area contributed by atoms with Crippen molar-refractivity contribution in [1.29, 1.82) is 0 Å². The first-order valence-corrected chi connectivity index (χ1v) is 9.60. The molecule has 1 aliphatic heterocycles. The van der Waals surface area contributed by atoms with Crippen molar-refractivity contribution < 1.29 is 18.1 Å². The van der Waals surface area contributed by atoms with Crippen molar-refractivity contribution in [3.63, 3.8) is 0 Å². The van der Waals surface area contributed by atoms with Gasteiger partial charge in [0.2, 0.25) is 0 Å². The summed E-state index contributed by atoms with van der Waals surface area (Å²) in [6.45, 7) is 1.43. The van der Waals surface area contributed by atoms with Crippen LogP contribution in [0.15, 0.2) is 47.4 Å². The van der Waals surface area contributed by atoms with Crippen molar-refractivity contribution >= 4 is 27.1 Å². The number of non-ortho nitro benzene ring substituents is 1. The normalized spacial score (nSPS) is 14.3. The number of nitrogens with one attached hydrogen (secondary N) is 1. The zero-order valence-corrected chi connectivity index (χ0v) is 15.0. The van der Waals surface area contributed by atoms with Gasteiger partial charge in [-0.05, 0) is 31.0 Å². The van der Waals surface area contributed by atoms with Crippen LogP contribution in [0.3, 0.4) is 0 Å². The molecule has 0 aliphatic carbocycles. The highest BCUT2D eigenvalue weighted by Gasteiger charge is 2.27. The van der Waals surface area contributed by atoms with Crippen LogP contribution in [-0.2, 0) is 10.0 Å². The summed E-state index contributed by atoms with van der Waals surface area (Å²) in [5.74, 6) is 0.365. The molecule has 0 atom stereocenters. The first kappa shape index (κ1) is 18.0. The van der Waals surface area contributed by atoms with Crippen LogP contribution in [-0.4, -0.2) is 33.5 Å². The van der Waals surface area contributed by atoms with Crippen molar-refractivity contribution in [3.8, 4) is 5.75 Å². The van der Waals surface area contributed by atoms with E-state index in [9.17, 15) is 18.5 Å². The Kier molecular flexibility index (Phi) is 4.99. The molecular formula is C17H19N3O5S. The number of ether oxygens (including phenoxy) is 1. The maximum atomic E-state index is 13.0. The molecule has 1 N–H and O–H groups in total. The predicted octanol–water partition coefficient (Wildman–Crippen LogP) is 3.00. The minimum atomic E-state index is -4.05. The number of para-hydroxylation sites is 2. The third kappa shape index (κ3) is 3.57. The molecule has 9 heteroatoms. The van der Waals surface area contributed by atoms with Crippen LogP contribution in [0.5, 0.6) is 5.75 Å². The van der Waals surface area contributed by atoms with Crippen molar-refractivity contribution in [2.45, 2.75) is 17.7 Å². The zero-order valence-electron chi connectivity index (χ0n) is 14.2. The third-order valence-electron chi connectivity index (χ3n) is 4.24. The van der Waals surface area contributed by atoms with Gasteiger partial charge >= 0.3 is 0 Å². The number of benzene rings is 2. The molecule has 1 saturated heterocycles. The van der Waals surface area contributed by atoms with E-state index < -0.39 is 14.9 Å². The predicted molar refractivity (Wildman–Crippen MR) is 98.3 cm³/mol. The minimum absolute atomic E-state index is 0.112. The summed E-state index contributed by atoms with van der Waals surface area (Å²) in [5.41, 5.74) is 0.470. The van der Waals surface area contributed by atoms with E-state index in [4.69, 9.17) is 4.74 Å². The minimum Gasteiger partial charge on any atom is -0.495 e. The van der Waals surface area contributed by atoms with E-state index in [-0.39, 0.29) is 16.3 Å². The van der Waals surface area contributed by atoms with E-state index >= 15 is 0 Å². The fourth-order valence-electron chi connectivity index (χ4n) is 2.98. The summed E-state index contributed by atoms with van der Waals surface area (Å²) in [4.78, 5) is 12.3. The average molecular weight is 377 g/mol. The summed E-state index contributed by atoms with van der Waals surface area (Å²) in [6, 6.07) is 10.5. The second kappa shape index (κ2) is 7.20. The van der Waals surface area contributed by atoms with Crippen LogP contribution in [0.1, 0.15) is 12.8 Å². The van der Waals surface area contributed by atoms with Gasteiger partial charge in [-0.3, -0.25) is 14.8 Å². The molecular weight excluding hydrogens is 358 g/mol. The van der Waals surface area contributed by atoms with E-state index in [1.54, 1.807) is 24.3 Å². The van der Waals surface area contributed by atoms with Gasteiger partial charge in [0.1, 0.15) is 10.6 Å². The molecule has 1 aliphatic rings. The van der Waals surface area contributed by atoms with Crippen LogP contribution in [0, 0.1) is 10.1 Å². The van der Waals surface area contributed by atoms with Gasteiger partial charge in [0.15, 0.2) is 0 Å². The average Bonchev–Trinajstić information content (AvgIpc) is 3.16. The smallest absolute Gasteiger partial charge is 0.270 e. The Labute approximate surface area is 151 Å². The SMILES string of the molecule is COc1ccccc1NS(=O)(=O)c1cc([N+](=O)[O-])ccc1N1CCCC1. The number of rotatable bonds is 6. The van der Waals surface area contributed by atoms with Crippen LogP contribution in [0.4, 0.5) is 17.1 Å². The van der Waals surface area contributed by atoms with Gasteiger partial charge in [-0.15, -0.1) is 0 Å². The summed E-state index contributed by atoms with van der Waals surface area (Å²) in [7, 11) is -2.61. The fraction of sp³-hybridized carbons (Fsp3) is 0.294. The van der Waals surface area contributed by atoms with Crippen molar-refractivity contribution in [2.24, 2.45) is 0 Å². The Hall–Kier alpha value is -2.81. The van der Waals surface area contributed by atoms with Gasteiger partial charge in [-0.1, -0.05) is 12.1 Å². The fourth-order valence-corrected chi connectivity index (χ4v) is 4.30. The molecule has 138 valence electrons. The molecule has 26 heavy (non-hydrogen) atoms. The number of nitro groups is 1. The molecule has 0 amide bonds. The third-order valence-corrected chi connectivity index (χ3v) is 5.64. The number of sulfonamides is 1. The lowest BCUT2D eigenvalue weighted by atomic mass is 10.2. The van der Waals surface area contributed by atoms with Crippen LogP contribution >= 0.6 is 0 Å².